The molecule has 0 radical (unpaired) electrons. The maximum atomic E-state index is 13.0. The summed E-state index contributed by atoms with van der Waals surface area (Å²) in [6, 6.07) is 5.88. The summed E-state index contributed by atoms with van der Waals surface area (Å²) in [5, 5.41) is 2.69. The fourth-order valence-corrected chi connectivity index (χ4v) is 1.79. The summed E-state index contributed by atoms with van der Waals surface area (Å²) in [4.78, 5) is 13.9. The molecule has 106 valence electrons. The molecule has 0 aliphatic carbocycles. The van der Waals surface area contributed by atoms with E-state index in [4.69, 9.17) is 5.73 Å². The molecule has 0 saturated heterocycles. The average Bonchev–Trinajstić information content (AvgIpc) is 2.37. The molecule has 1 unspecified atom stereocenters. The van der Waals surface area contributed by atoms with Crippen molar-refractivity contribution >= 4 is 11.6 Å². The summed E-state index contributed by atoms with van der Waals surface area (Å²) < 4.78 is 13.0. The van der Waals surface area contributed by atoms with Crippen LogP contribution in [0.2, 0.25) is 0 Å². The van der Waals surface area contributed by atoms with Crippen LogP contribution >= 0.6 is 0 Å². The molecular weight excluding hydrogens is 245 g/mol. The Bertz CT molecular complexity index is 411. The number of halogens is 1. The van der Waals surface area contributed by atoms with Crippen molar-refractivity contribution in [3.8, 4) is 0 Å². The molecule has 19 heavy (non-hydrogen) atoms. The van der Waals surface area contributed by atoms with E-state index in [1.807, 2.05) is 18.7 Å². The van der Waals surface area contributed by atoms with Crippen molar-refractivity contribution in [3.05, 3.63) is 30.1 Å². The number of likely N-dealkylation sites (N-methyl/N-ethyl adjacent to an activating group) is 1. The second kappa shape index (κ2) is 7.86. The van der Waals surface area contributed by atoms with Crippen LogP contribution < -0.4 is 11.1 Å². The molecule has 0 bridgehead atoms. The van der Waals surface area contributed by atoms with Crippen LogP contribution in [0.5, 0.6) is 0 Å². The molecule has 5 heteroatoms. The van der Waals surface area contributed by atoms with Gasteiger partial charge < -0.3 is 11.1 Å². The van der Waals surface area contributed by atoms with Gasteiger partial charge in [0.25, 0.3) is 0 Å². The average molecular weight is 267 g/mol. The van der Waals surface area contributed by atoms with Gasteiger partial charge in [0.05, 0.1) is 6.54 Å². The standard InChI is InChI=1S/C14H22FN3O/c1-3-18(9-11(2)8-16)10-14(19)17-13-6-4-5-12(15)7-13/h4-7,11H,3,8-10,16H2,1-2H3,(H,17,19). The number of carbonyl (C=O) groups is 1. The molecule has 0 aromatic heterocycles. The Morgan fingerprint density at radius 1 is 1.53 bits per heavy atom. The van der Waals surface area contributed by atoms with Gasteiger partial charge in [-0.1, -0.05) is 19.9 Å². The highest BCUT2D eigenvalue weighted by atomic mass is 19.1. The highest BCUT2D eigenvalue weighted by Gasteiger charge is 2.12. The molecule has 0 aliphatic rings. The number of nitrogens with zero attached hydrogens (tertiary/aromatic N) is 1. The van der Waals surface area contributed by atoms with Crippen molar-refractivity contribution in [1.29, 1.82) is 0 Å². The van der Waals surface area contributed by atoms with Crippen molar-refractivity contribution < 1.29 is 9.18 Å². The first-order valence-corrected chi connectivity index (χ1v) is 6.53. The van der Waals surface area contributed by atoms with E-state index >= 15 is 0 Å². The van der Waals surface area contributed by atoms with Gasteiger partial charge in [0.2, 0.25) is 5.91 Å². The summed E-state index contributed by atoms with van der Waals surface area (Å²) in [5.74, 6) is -0.152. The van der Waals surface area contributed by atoms with Crippen LogP contribution in [0.15, 0.2) is 24.3 Å². The van der Waals surface area contributed by atoms with Crippen molar-refractivity contribution in [3.63, 3.8) is 0 Å². The van der Waals surface area contributed by atoms with Crippen LogP contribution in [0.3, 0.4) is 0 Å². The largest absolute Gasteiger partial charge is 0.330 e. The number of nitrogens with two attached hydrogens (primary N) is 1. The molecule has 0 aliphatic heterocycles. The summed E-state index contributed by atoms with van der Waals surface area (Å²) in [5.41, 5.74) is 6.06. The lowest BCUT2D eigenvalue weighted by Gasteiger charge is -2.22. The minimum Gasteiger partial charge on any atom is -0.330 e. The van der Waals surface area contributed by atoms with Gasteiger partial charge in [-0.05, 0) is 37.2 Å². The Labute approximate surface area is 113 Å². The highest BCUT2D eigenvalue weighted by Crippen LogP contribution is 2.09. The Hall–Kier alpha value is -1.46. The number of anilines is 1. The predicted octanol–water partition coefficient (Wildman–Crippen LogP) is 1.68. The Kier molecular flexibility index (Phi) is 6.45. The summed E-state index contributed by atoms with van der Waals surface area (Å²) >= 11 is 0. The van der Waals surface area contributed by atoms with E-state index < -0.39 is 0 Å². The van der Waals surface area contributed by atoms with Crippen LogP contribution in [-0.4, -0.2) is 37.0 Å². The van der Waals surface area contributed by atoms with Crippen molar-refractivity contribution in [2.24, 2.45) is 11.7 Å². The predicted molar refractivity (Wildman–Crippen MR) is 75.4 cm³/mol. The fourth-order valence-electron chi connectivity index (χ4n) is 1.79. The van der Waals surface area contributed by atoms with E-state index in [-0.39, 0.29) is 18.3 Å². The third kappa shape index (κ3) is 5.81. The number of hydrogen-bond donors (Lipinski definition) is 2. The van der Waals surface area contributed by atoms with Crippen LogP contribution in [0, 0.1) is 11.7 Å². The van der Waals surface area contributed by atoms with Gasteiger partial charge in [0.1, 0.15) is 5.82 Å². The SMILES string of the molecule is CCN(CC(=O)Nc1cccc(F)c1)CC(C)CN. The van der Waals surface area contributed by atoms with E-state index in [1.54, 1.807) is 12.1 Å². The third-order valence-electron chi connectivity index (χ3n) is 2.90. The maximum Gasteiger partial charge on any atom is 0.238 e. The van der Waals surface area contributed by atoms with E-state index in [1.165, 1.54) is 12.1 Å². The van der Waals surface area contributed by atoms with Crippen LogP contribution in [-0.2, 0) is 4.79 Å². The second-order valence-electron chi connectivity index (χ2n) is 4.73. The molecular formula is C14H22FN3O. The van der Waals surface area contributed by atoms with Gasteiger partial charge >= 0.3 is 0 Å². The van der Waals surface area contributed by atoms with Gasteiger partial charge in [0, 0.05) is 12.2 Å². The van der Waals surface area contributed by atoms with Gasteiger partial charge in [0.15, 0.2) is 0 Å². The number of rotatable bonds is 7. The second-order valence-corrected chi connectivity index (χ2v) is 4.73. The fraction of sp³-hybridized carbons (Fsp3) is 0.500. The topological polar surface area (TPSA) is 58.4 Å². The molecule has 0 saturated carbocycles. The van der Waals surface area contributed by atoms with Crippen LogP contribution in [0.1, 0.15) is 13.8 Å². The van der Waals surface area contributed by atoms with Crippen molar-refractivity contribution in [1.82, 2.24) is 4.90 Å². The molecule has 0 fully saturated rings. The lowest BCUT2D eigenvalue weighted by atomic mass is 10.1. The molecule has 1 atom stereocenters. The molecule has 3 N–H and O–H groups in total. The zero-order valence-electron chi connectivity index (χ0n) is 11.5. The number of hydrogen-bond acceptors (Lipinski definition) is 3. The van der Waals surface area contributed by atoms with Gasteiger partial charge in [-0.3, -0.25) is 9.69 Å². The normalized spacial score (nSPS) is 12.5. The Morgan fingerprint density at radius 3 is 2.84 bits per heavy atom. The van der Waals surface area contributed by atoms with E-state index in [2.05, 4.69) is 5.32 Å². The first-order chi connectivity index (χ1) is 9.05. The first kappa shape index (κ1) is 15.6. The van der Waals surface area contributed by atoms with Crippen molar-refractivity contribution in [2.45, 2.75) is 13.8 Å². The van der Waals surface area contributed by atoms with E-state index in [0.717, 1.165) is 13.1 Å². The van der Waals surface area contributed by atoms with E-state index in [0.29, 0.717) is 18.2 Å². The lowest BCUT2D eigenvalue weighted by Crippen LogP contribution is -2.37. The van der Waals surface area contributed by atoms with Gasteiger partial charge in [-0.25, -0.2) is 4.39 Å². The monoisotopic (exact) mass is 267 g/mol. The summed E-state index contributed by atoms with van der Waals surface area (Å²) in [7, 11) is 0. The summed E-state index contributed by atoms with van der Waals surface area (Å²) in [6.07, 6.45) is 0. The molecule has 1 aromatic carbocycles. The third-order valence-corrected chi connectivity index (χ3v) is 2.90. The minimum atomic E-state index is -0.359. The first-order valence-electron chi connectivity index (χ1n) is 6.53. The van der Waals surface area contributed by atoms with Crippen LogP contribution in [0.4, 0.5) is 10.1 Å². The molecule has 1 rings (SSSR count). The molecule has 1 amide bonds. The number of benzene rings is 1. The Morgan fingerprint density at radius 2 is 2.26 bits per heavy atom. The zero-order chi connectivity index (χ0) is 14.3. The minimum absolute atomic E-state index is 0.142. The Balaban J connectivity index is 2.49. The van der Waals surface area contributed by atoms with Crippen LogP contribution in [0.25, 0.3) is 0 Å². The smallest absolute Gasteiger partial charge is 0.238 e. The molecule has 4 nitrogen and oxygen atoms in total. The van der Waals surface area contributed by atoms with Gasteiger partial charge in [-0.2, -0.15) is 0 Å². The highest BCUT2D eigenvalue weighted by molar-refractivity contribution is 5.92. The lowest BCUT2D eigenvalue weighted by molar-refractivity contribution is -0.117. The number of amides is 1. The molecule has 0 heterocycles. The van der Waals surface area contributed by atoms with Gasteiger partial charge in [-0.15, -0.1) is 0 Å². The maximum absolute atomic E-state index is 13.0. The number of carbonyl (C=O) groups excluding carboxylic acids is 1. The number of nitrogens with one attached hydrogen (secondary N) is 1. The summed E-state index contributed by atoms with van der Waals surface area (Å²) in [6.45, 7) is 6.50. The molecule has 0 spiro atoms. The van der Waals surface area contributed by atoms with E-state index in [9.17, 15) is 9.18 Å². The quantitative estimate of drug-likeness (QED) is 0.790. The van der Waals surface area contributed by atoms with Crippen molar-refractivity contribution in [2.75, 3.05) is 31.5 Å². The zero-order valence-corrected chi connectivity index (χ0v) is 11.5. The molecule has 1 aromatic rings.